The second-order valence-electron chi connectivity index (χ2n) is 6.90. The Morgan fingerprint density at radius 3 is 2.39 bits per heavy atom. The van der Waals surface area contributed by atoms with E-state index >= 15 is 0 Å². The molecule has 0 heterocycles. The molecule has 5 N–H and O–H groups in total. The minimum absolute atomic E-state index is 0.0139. The number of ether oxygens (including phenoxy) is 1. The van der Waals surface area contributed by atoms with Crippen LogP contribution in [-0.4, -0.2) is 41.2 Å². The maximum absolute atomic E-state index is 12.6. The molecule has 0 aliphatic rings. The van der Waals surface area contributed by atoms with E-state index < -0.39 is 36.1 Å². The first-order valence-electron chi connectivity index (χ1n) is 9.54. The summed E-state index contributed by atoms with van der Waals surface area (Å²) >= 11 is 0. The summed E-state index contributed by atoms with van der Waals surface area (Å²) in [5, 5.41) is 23.7. The minimum Gasteiger partial charge on any atom is -0.445 e. The average molecular weight is 424 g/mol. The molecule has 0 unspecified atom stereocenters. The number of alkyl carbamates (subject to hydrolysis) is 1. The highest BCUT2D eigenvalue weighted by molar-refractivity contribution is 5.91. The summed E-state index contributed by atoms with van der Waals surface area (Å²) in [6, 6.07) is 15.0. The van der Waals surface area contributed by atoms with E-state index in [1.54, 1.807) is 48.5 Å². The molecular weight excluding hydrogens is 400 g/mol. The van der Waals surface area contributed by atoms with Crippen LogP contribution < -0.4 is 16.4 Å². The lowest BCUT2D eigenvalue weighted by molar-refractivity contribution is -0.130. The summed E-state index contributed by atoms with van der Waals surface area (Å²) in [6.45, 7) is 1.30. The summed E-state index contributed by atoms with van der Waals surface area (Å²) < 4.78 is 5.07. The molecule has 0 saturated heterocycles. The van der Waals surface area contributed by atoms with E-state index in [1.165, 1.54) is 6.92 Å². The number of nitrogens with one attached hydrogen (secondary N) is 2. The fourth-order valence-electron chi connectivity index (χ4n) is 2.78. The van der Waals surface area contributed by atoms with Gasteiger partial charge in [0.05, 0.1) is 17.7 Å². The second-order valence-corrected chi connectivity index (χ2v) is 6.90. The van der Waals surface area contributed by atoms with Crippen LogP contribution in [-0.2, 0) is 27.4 Å². The first-order chi connectivity index (χ1) is 14.8. The third-order valence-electron chi connectivity index (χ3n) is 4.41. The summed E-state index contributed by atoms with van der Waals surface area (Å²) in [5.41, 5.74) is 7.17. The number of nitriles is 1. The molecule has 2 aromatic carbocycles. The van der Waals surface area contributed by atoms with Gasteiger partial charge in [0.2, 0.25) is 11.8 Å². The van der Waals surface area contributed by atoms with Gasteiger partial charge in [0.1, 0.15) is 18.7 Å². The van der Waals surface area contributed by atoms with Gasteiger partial charge in [-0.25, -0.2) is 4.79 Å². The van der Waals surface area contributed by atoms with E-state index in [1.807, 2.05) is 12.1 Å². The molecule has 0 saturated carbocycles. The molecule has 2 aromatic rings. The van der Waals surface area contributed by atoms with E-state index in [4.69, 9.17) is 15.7 Å². The number of aliphatic hydroxyl groups excluding tert-OH is 1. The van der Waals surface area contributed by atoms with Gasteiger partial charge in [0, 0.05) is 6.42 Å². The molecule has 0 aromatic heterocycles. The van der Waals surface area contributed by atoms with Crippen molar-refractivity contribution in [1.82, 2.24) is 10.6 Å². The number of amides is 3. The van der Waals surface area contributed by atoms with Crippen LogP contribution in [0, 0.1) is 11.3 Å². The van der Waals surface area contributed by atoms with Crippen molar-refractivity contribution < 1.29 is 24.2 Å². The Labute approximate surface area is 179 Å². The molecule has 3 atom stereocenters. The van der Waals surface area contributed by atoms with Crippen LogP contribution in [0.1, 0.15) is 23.6 Å². The molecule has 9 nitrogen and oxygen atoms in total. The summed E-state index contributed by atoms with van der Waals surface area (Å²) in [6.07, 6.45) is -2.12. The highest BCUT2D eigenvalue weighted by Gasteiger charge is 2.29. The van der Waals surface area contributed by atoms with Gasteiger partial charge in [-0.2, -0.15) is 5.26 Å². The molecule has 162 valence electrons. The summed E-state index contributed by atoms with van der Waals surface area (Å²) in [4.78, 5) is 36.5. The number of primary amides is 1. The SMILES string of the molecule is C[C@@H](O)[C@H](NC(=O)OCc1ccccc1)C(=O)N[C@@H](Cc1cccc(C#N)c1)C(N)=O. The van der Waals surface area contributed by atoms with Gasteiger partial charge in [0.25, 0.3) is 0 Å². The lowest BCUT2D eigenvalue weighted by Crippen LogP contribution is -2.57. The molecule has 0 fully saturated rings. The summed E-state index contributed by atoms with van der Waals surface area (Å²) in [5.74, 6) is -1.60. The van der Waals surface area contributed by atoms with Gasteiger partial charge in [-0.3, -0.25) is 9.59 Å². The smallest absolute Gasteiger partial charge is 0.408 e. The van der Waals surface area contributed by atoms with E-state index in [9.17, 15) is 19.5 Å². The Balaban J connectivity index is 2.00. The zero-order chi connectivity index (χ0) is 22.8. The van der Waals surface area contributed by atoms with Crippen LogP contribution in [0.5, 0.6) is 0 Å². The van der Waals surface area contributed by atoms with Crippen molar-refractivity contribution in [2.75, 3.05) is 0 Å². The number of benzene rings is 2. The molecule has 31 heavy (non-hydrogen) atoms. The van der Waals surface area contributed by atoms with Crippen molar-refractivity contribution in [3.63, 3.8) is 0 Å². The van der Waals surface area contributed by atoms with E-state index in [-0.39, 0.29) is 13.0 Å². The molecule has 2 rings (SSSR count). The molecule has 0 aliphatic carbocycles. The first-order valence-corrected chi connectivity index (χ1v) is 9.54. The van der Waals surface area contributed by atoms with Crippen molar-refractivity contribution in [2.45, 2.75) is 38.1 Å². The van der Waals surface area contributed by atoms with Gasteiger partial charge in [-0.05, 0) is 30.2 Å². The van der Waals surface area contributed by atoms with Gasteiger partial charge in [-0.15, -0.1) is 0 Å². The Morgan fingerprint density at radius 1 is 1.10 bits per heavy atom. The lowest BCUT2D eigenvalue weighted by atomic mass is 10.0. The zero-order valence-corrected chi connectivity index (χ0v) is 16.9. The highest BCUT2D eigenvalue weighted by Crippen LogP contribution is 2.08. The number of carbonyl (C=O) groups excluding carboxylic acids is 3. The highest BCUT2D eigenvalue weighted by atomic mass is 16.5. The van der Waals surface area contributed by atoms with Crippen LogP contribution in [0.15, 0.2) is 54.6 Å². The van der Waals surface area contributed by atoms with Crippen LogP contribution in [0.4, 0.5) is 4.79 Å². The number of carbonyl (C=O) groups is 3. The van der Waals surface area contributed by atoms with Crippen molar-refractivity contribution in [3.8, 4) is 6.07 Å². The Hall–Kier alpha value is -3.90. The third kappa shape index (κ3) is 7.45. The quantitative estimate of drug-likeness (QED) is 0.466. The van der Waals surface area contributed by atoms with E-state index in [2.05, 4.69) is 10.6 Å². The Morgan fingerprint density at radius 2 is 1.77 bits per heavy atom. The van der Waals surface area contributed by atoms with Gasteiger partial charge >= 0.3 is 6.09 Å². The molecule has 0 bridgehead atoms. The maximum atomic E-state index is 12.6. The fraction of sp³-hybridized carbons (Fsp3) is 0.273. The maximum Gasteiger partial charge on any atom is 0.408 e. The molecule has 0 radical (unpaired) electrons. The van der Waals surface area contributed by atoms with Gasteiger partial charge < -0.3 is 26.2 Å². The third-order valence-corrected chi connectivity index (χ3v) is 4.41. The number of hydrogen-bond donors (Lipinski definition) is 4. The Kier molecular flexibility index (Phi) is 8.54. The van der Waals surface area contributed by atoms with Crippen molar-refractivity contribution >= 4 is 17.9 Å². The summed E-state index contributed by atoms with van der Waals surface area (Å²) in [7, 11) is 0. The monoisotopic (exact) mass is 424 g/mol. The number of nitrogens with two attached hydrogens (primary N) is 1. The zero-order valence-electron chi connectivity index (χ0n) is 16.9. The number of rotatable bonds is 9. The molecule has 0 aliphatic heterocycles. The van der Waals surface area contributed by atoms with Crippen LogP contribution in [0.3, 0.4) is 0 Å². The van der Waals surface area contributed by atoms with E-state index in [0.717, 1.165) is 5.56 Å². The topological polar surface area (TPSA) is 155 Å². The van der Waals surface area contributed by atoms with Crippen molar-refractivity contribution in [3.05, 3.63) is 71.3 Å². The minimum atomic E-state index is -1.37. The average Bonchev–Trinajstić information content (AvgIpc) is 2.76. The molecule has 9 heteroatoms. The Bertz CT molecular complexity index is 956. The largest absolute Gasteiger partial charge is 0.445 e. The fourth-order valence-corrected chi connectivity index (χ4v) is 2.78. The van der Waals surface area contributed by atoms with Crippen LogP contribution in [0.25, 0.3) is 0 Å². The predicted octanol–water partition coefficient (Wildman–Crippen LogP) is 0.747. The molecular formula is C22H24N4O5. The van der Waals surface area contributed by atoms with Gasteiger partial charge in [0.15, 0.2) is 0 Å². The van der Waals surface area contributed by atoms with Crippen molar-refractivity contribution in [2.24, 2.45) is 5.73 Å². The predicted molar refractivity (Wildman–Crippen MR) is 111 cm³/mol. The standard InChI is InChI=1S/C22H24N4O5/c1-14(27)19(26-22(30)31-13-15-6-3-2-4-7-15)21(29)25-18(20(24)28)11-16-8-5-9-17(10-16)12-23/h2-10,14,18-19,27H,11,13H2,1H3,(H2,24,28)(H,25,29)(H,26,30)/t14-,18+,19+/m1/s1. The van der Waals surface area contributed by atoms with E-state index in [0.29, 0.717) is 11.1 Å². The van der Waals surface area contributed by atoms with Crippen molar-refractivity contribution in [1.29, 1.82) is 5.26 Å². The normalized spacial score (nSPS) is 13.2. The van der Waals surface area contributed by atoms with Gasteiger partial charge in [-0.1, -0.05) is 42.5 Å². The molecule has 0 spiro atoms. The number of hydrogen-bond acceptors (Lipinski definition) is 6. The number of aliphatic hydroxyl groups is 1. The van der Waals surface area contributed by atoms with Crippen LogP contribution >= 0.6 is 0 Å². The van der Waals surface area contributed by atoms with Crippen LogP contribution in [0.2, 0.25) is 0 Å². The first kappa shape index (κ1) is 23.4. The lowest BCUT2D eigenvalue weighted by Gasteiger charge is -2.23. The second kappa shape index (κ2) is 11.3. The number of nitrogens with zero attached hydrogens (tertiary/aromatic N) is 1. The molecule has 3 amide bonds.